The number of hydrogen-bond acceptors (Lipinski definition) is 3. The second kappa shape index (κ2) is 7.86. The van der Waals surface area contributed by atoms with Gasteiger partial charge in [0, 0.05) is 5.39 Å². The van der Waals surface area contributed by atoms with Gasteiger partial charge >= 0.3 is 0 Å². The molecule has 0 fully saturated rings. The molecular formula is C21H22N2O. The van der Waals surface area contributed by atoms with E-state index in [2.05, 4.69) is 24.0 Å². The highest BCUT2D eigenvalue weighted by Crippen LogP contribution is 2.23. The molecule has 2 atom stereocenters. The van der Waals surface area contributed by atoms with Crippen LogP contribution in [-0.2, 0) is 0 Å². The van der Waals surface area contributed by atoms with Gasteiger partial charge in [-0.05, 0) is 24.1 Å². The molecule has 1 aromatic heterocycles. The minimum Gasteiger partial charge on any atom is -0.394 e. The van der Waals surface area contributed by atoms with E-state index in [-0.39, 0.29) is 18.7 Å². The fourth-order valence-electron chi connectivity index (χ4n) is 2.90. The minimum atomic E-state index is -0.135. The highest BCUT2D eigenvalue weighted by Gasteiger charge is 2.18. The molecule has 0 bridgehead atoms. The summed E-state index contributed by atoms with van der Waals surface area (Å²) in [6, 6.07) is 22.1. The summed E-state index contributed by atoms with van der Waals surface area (Å²) in [4.78, 5) is 4.78. The number of benzene rings is 2. The Morgan fingerprint density at radius 1 is 0.958 bits per heavy atom. The van der Waals surface area contributed by atoms with Crippen molar-refractivity contribution in [3.63, 3.8) is 0 Å². The van der Waals surface area contributed by atoms with Gasteiger partial charge in [-0.1, -0.05) is 60.7 Å². The zero-order valence-corrected chi connectivity index (χ0v) is 13.6. The molecule has 3 aromatic rings. The van der Waals surface area contributed by atoms with Gasteiger partial charge in [-0.3, -0.25) is 10.3 Å². The van der Waals surface area contributed by atoms with Gasteiger partial charge in [-0.25, -0.2) is 0 Å². The summed E-state index contributed by atoms with van der Waals surface area (Å²) in [5.41, 5.74) is 3.00. The minimum absolute atomic E-state index is 0.00413. The third-order valence-electron chi connectivity index (χ3n) is 4.17. The summed E-state index contributed by atoms with van der Waals surface area (Å²) in [7, 11) is 0. The van der Waals surface area contributed by atoms with Crippen molar-refractivity contribution in [2.75, 3.05) is 6.61 Å². The number of aromatic nitrogens is 1. The molecule has 0 aliphatic carbocycles. The summed E-state index contributed by atoms with van der Waals surface area (Å²) in [6.07, 6.45) is 2.63. The Morgan fingerprint density at radius 2 is 1.71 bits per heavy atom. The van der Waals surface area contributed by atoms with Crippen LogP contribution < -0.4 is 5.32 Å². The van der Waals surface area contributed by atoms with Crippen molar-refractivity contribution in [2.24, 2.45) is 0 Å². The zero-order valence-electron chi connectivity index (χ0n) is 13.6. The van der Waals surface area contributed by atoms with Crippen LogP contribution in [-0.4, -0.2) is 16.7 Å². The smallest absolute Gasteiger partial charge is 0.0706 e. The first-order valence-electron chi connectivity index (χ1n) is 8.20. The average molecular weight is 318 g/mol. The van der Waals surface area contributed by atoms with Crippen LogP contribution in [0.3, 0.4) is 0 Å². The van der Waals surface area contributed by atoms with E-state index >= 15 is 0 Å². The van der Waals surface area contributed by atoms with Gasteiger partial charge in [0.2, 0.25) is 0 Å². The Hall–Kier alpha value is -2.49. The van der Waals surface area contributed by atoms with Gasteiger partial charge in [0.1, 0.15) is 0 Å². The molecule has 0 amide bonds. The van der Waals surface area contributed by atoms with Crippen molar-refractivity contribution in [3.8, 4) is 0 Å². The van der Waals surface area contributed by atoms with Crippen molar-refractivity contribution in [1.29, 1.82) is 0 Å². The lowest BCUT2D eigenvalue weighted by Crippen LogP contribution is -2.29. The van der Waals surface area contributed by atoms with Gasteiger partial charge < -0.3 is 5.11 Å². The molecule has 122 valence electrons. The van der Waals surface area contributed by atoms with Gasteiger partial charge in [0.25, 0.3) is 0 Å². The second-order valence-electron chi connectivity index (χ2n) is 5.82. The molecule has 24 heavy (non-hydrogen) atoms. The number of nitrogens with zero attached hydrogens (tertiary/aromatic N) is 1. The van der Waals surface area contributed by atoms with Crippen LogP contribution in [0.15, 0.2) is 79.4 Å². The number of rotatable bonds is 7. The number of hydrogen-bond donors (Lipinski definition) is 2. The molecule has 2 N–H and O–H groups in total. The Kier molecular flexibility index (Phi) is 5.36. The topological polar surface area (TPSA) is 45.1 Å². The lowest BCUT2D eigenvalue weighted by atomic mass is 10.0. The molecular weight excluding hydrogens is 296 g/mol. The van der Waals surface area contributed by atoms with Gasteiger partial charge in [-0.2, -0.15) is 0 Å². The molecule has 0 radical (unpaired) electrons. The summed E-state index contributed by atoms with van der Waals surface area (Å²) in [5.74, 6) is 0. The number of pyridine rings is 1. The summed E-state index contributed by atoms with van der Waals surface area (Å²) < 4.78 is 0. The standard InChI is InChI=1S/C21H22N2O/c1-2-8-19(23-21(15-24)16-9-4-3-5-10-16)20-14-13-17-11-6-7-12-18(17)22-20/h2-7,9-14,19,21,23-24H,1,8,15H2/t19?,21-/m0/s1. The zero-order chi connectivity index (χ0) is 16.8. The quantitative estimate of drug-likeness (QED) is 0.643. The number of aliphatic hydroxyl groups is 1. The lowest BCUT2D eigenvalue weighted by molar-refractivity contribution is 0.232. The number of fused-ring (bicyclic) bond motifs is 1. The van der Waals surface area contributed by atoms with E-state index < -0.39 is 0 Å². The molecule has 0 aliphatic rings. The highest BCUT2D eigenvalue weighted by molar-refractivity contribution is 5.78. The molecule has 3 nitrogen and oxygen atoms in total. The molecule has 3 heteroatoms. The van der Waals surface area contributed by atoms with E-state index in [1.54, 1.807) is 0 Å². The Bertz CT molecular complexity index is 801. The van der Waals surface area contributed by atoms with Crippen LogP contribution in [0.4, 0.5) is 0 Å². The summed E-state index contributed by atoms with van der Waals surface area (Å²) in [6.45, 7) is 3.90. The molecule has 3 rings (SSSR count). The molecule has 0 aliphatic heterocycles. The van der Waals surface area contributed by atoms with Gasteiger partial charge in [0.15, 0.2) is 0 Å². The normalized spacial score (nSPS) is 13.5. The van der Waals surface area contributed by atoms with E-state index in [0.29, 0.717) is 0 Å². The van der Waals surface area contributed by atoms with E-state index in [9.17, 15) is 5.11 Å². The summed E-state index contributed by atoms with van der Waals surface area (Å²) >= 11 is 0. The van der Waals surface area contributed by atoms with E-state index in [4.69, 9.17) is 4.98 Å². The van der Waals surface area contributed by atoms with Crippen molar-refractivity contribution < 1.29 is 5.11 Å². The monoisotopic (exact) mass is 318 g/mol. The van der Waals surface area contributed by atoms with Crippen LogP contribution in [0, 0.1) is 0 Å². The first-order valence-corrected chi connectivity index (χ1v) is 8.20. The van der Waals surface area contributed by atoms with Crippen molar-refractivity contribution >= 4 is 10.9 Å². The molecule has 0 saturated heterocycles. The van der Waals surface area contributed by atoms with Crippen LogP contribution in [0.1, 0.15) is 29.8 Å². The third kappa shape index (κ3) is 3.70. The van der Waals surface area contributed by atoms with E-state index in [1.165, 1.54) is 0 Å². The van der Waals surface area contributed by atoms with E-state index in [0.717, 1.165) is 28.6 Å². The number of para-hydroxylation sites is 1. The largest absolute Gasteiger partial charge is 0.394 e. The van der Waals surface area contributed by atoms with Crippen LogP contribution in [0.5, 0.6) is 0 Å². The molecule has 2 aromatic carbocycles. The van der Waals surface area contributed by atoms with Crippen LogP contribution in [0.25, 0.3) is 10.9 Å². The molecule has 1 heterocycles. The van der Waals surface area contributed by atoms with Crippen molar-refractivity contribution in [2.45, 2.75) is 18.5 Å². The van der Waals surface area contributed by atoms with Crippen molar-refractivity contribution in [3.05, 3.63) is 90.6 Å². The fourth-order valence-corrected chi connectivity index (χ4v) is 2.90. The second-order valence-corrected chi connectivity index (χ2v) is 5.82. The Labute approximate surface area is 142 Å². The fraction of sp³-hybridized carbons (Fsp3) is 0.190. The average Bonchev–Trinajstić information content (AvgIpc) is 2.65. The first-order chi connectivity index (χ1) is 11.8. The Morgan fingerprint density at radius 3 is 2.46 bits per heavy atom. The Balaban J connectivity index is 1.88. The summed E-state index contributed by atoms with van der Waals surface area (Å²) in [5, 5.41) is 14.5. The third-order valence-corrected chi connectivity index (χ3v) is 4.17. The van der Waals surface area contributed by atoms with Gasteiger partial charge in [0.05, 0.1) is 29.9 Å². The molecule has 1 unspecified atom stereocenters. The van der Waals surface area contributed by atoms with Crippen LogP contribution >= 0.6 is 0 Å². The number of nitrogens with one attached hydrogen (secondary N) is 1. The number of aliphatic hydroxyl groups excluding tert-OH is 1. The van der Waals surface area contributed by atoms with Crippen molar-refractivity contribution in [1.82, 2.24) is 10.3 Å². The maximum atomic E-state index is 9.81. The SMILES string of the molecule is C=CCC(N[C@@H](CO)c1ccccc1)c1ccc2ccccc2n1. The first kappa shape index (κ1) is 16.4. The predicted octanol–water partition coefficient (Wildman–Crippen LogP) is 4.18. The maximum Gasteiger partial charge on any atom is 0.0706 e. The molecule has 0 saturated carbocycles. The van der Waals surface area contributed by atoms with E-state index in [1.807, 2.05) is 60.7 Å². The molecule has 0 spiro atoms. The predicted molar refractivity (Wildman–Crippen MR) is 98.7 cm³/mol. The lowest BCUT2D eigenvalue weighted by Gasteiger charge is -2.24. The van der Waals surface area contributed by atoms with Gasteiger partial charge in [-0.15, -0.1) is 6.58 Å². The maximum absolute atomic E-state index is 9.81. The van der Waals surface area contributed by atoms with Crippen LogP contribution in [0.2, 0.25) is 0 Å². The highest BCUT2D eigenvalue weighted by atomic mass is 16.3.